The third kappa shape index (κ3) is 3.70. The fourth-order valence-corrected chi connectivity index (χ4v) is 3.76. The van der Waals surface area contributed by atoms with Crippen molar-refractivity contribution >= 4 is 22.8 Å². The molecule has 4 rings (SSSR count). The molecule has 1 fully saturated rings. The van der Waals surface area contributed by atoms with Gasteiger partial charge in [0.15, 0.2) is 11.6 Å². The quantitative estimate of drug-likeness (QED) is 0.618. The lowest BCUT2D eigenvalue weighted by atomic mass is 10.1. The number of pyridine rings is 1. The van der Waals surface area contributed by atoms with E-state index in [9.17, 15) is 14.0 Å². The van der Waals surface area contributed by atoms with Crippen molar-refractivity contribution in [2.75, 3.05) is 13.7 Å². The van der Waals surface area contributed by atoms with Gasteiger partial charge >= 0.3 is 5.97 Å². The van der Waals surface area contributed by atoms with Crippen molar-refractivity contribution in [2.45, 2.75) is 25.5 Å². The van der Waals surface area contributed by atoms with E-state index in [4.69, 9.17) is 9.47 Å². The number of nitrogens with zero attached hydrogens (tertiary/aromatic N) is 2. The summed E-state index contributed by atoms with van der Waals surface area (Å²) in [6, 6.07) is 14.4. The smallest absolute Gasteiger partial charge is 0.328 e. The predicted molar refractivity (Wildman–Crippen MR) is 109 cm³/mol. The van der Waals surface area contributed by atoms with Gasteiger partial charge in [0.2, 0.25) is 0 Å². The third-order valence-electron chi connectivity index (χ3n) is 5.22. The zero-order valence-corrected chi connectivity index (χ0v) is 16.7. The Labute approximate surface area is 173 Å². The van der Waals surface area contributed by atoms with E-state index in [1.807, 2.05) is 25.1 Å². The molecule has 0 spiro atoms. The largest absolute Gasteiger partial charge is 0.485 e. The molecule has 1 aromatic heterocycles. The maximum atomic E-state index is 14.0. The molecule has 154 valence electrons. The number of fused-ring (bicyclic) bond motifs is 1. The van der Waals surface area contributed by atoms with Crippen molar-refractivity contribution in [3.63, 3.8) is 0 Å². The van der Waals surface area contributed by atoms with Crippen molar-refractivity contribution in [3.05, 3.63) is 71.7 Å². The van der Waals surface area contributed by atoms with Gasteiger partial charge in [0.25, 0.3) is 5.91 Å². The molecule has 0 N–H and O–H groups in total. The standard InChI is InChI=1S/C23H21FN2O4/c1-14-10-11-15-6-5-7-17(21(15)25-14)22(27)26-13-16(12-19(26)23(28)29-2)30-20-9-4-3-8-18(20)24/h3-11,16,19H,12-13H2,1-2H3. The van der Waals surface area contributed by atoms with Crippen molar-refractivity contribution < 1.29 is 23.5 Å². The molecule has 0 bridgehead atoms. The average Bonchev–Trinajstić information content (AvgIpc) is 3.17. The van der Waals surface area contributed by atoms with Crippen LogP contribution in [-0.2, 0) is 9.53 Å². The molecule has 2 atom stereocenters. The van der Waals surface area contributed by atoms with Gasteiger partial charge in [0.1, 0.15) is 12.1 Å². The molecule has 0 aliphatic carbocycles. The third-order valence-corrected chi connectivity index (χ3v) is 5.22. The van der Waals surface area contributed by atoms with Crippen molar-refractivity contribution in [3.8, 4) is 5.75 Å². The Kier molecular flexibility index (Phi) is 5.35. The summed E-state index contributed by atoms with van der Waals surface area (Å²) >= 11 is 0. The molecule has 7 heteroatoms. The van der Waals surface area contributed by atoms with E-state index in [1.54, 1.807) is 24.3 Å². The van der Waals surface area contributed by atoms with Crippen LogP contribution >= 0.6 is 0 Å². The number of benzene rings is 2. The molecule has 0 radical (unpaired) electrons. The molecule has 6 nitrogen and oxygen atoms in total. The normalized spacial score (nSPS) is 18.4. The first-order chi connectivity index (χ1) is 14.5. The minimum absolute atomic E-state index is 0.0860. The van der Waals surface area contributed by atoms with E-state index < -0.39 is 23.9 Å². The second kappa shape index (κ2) is 8.10. The second-order valence-electron chi connectivity index (χ2n) is 7.23. The summed E-state index contributed by atoms with van der Waals surface area (Å²) in [6.45, 7) is 1.99. The lowest BCUT2D eigenvalue weighted by Gasteiger charge is -2.23. The highest BCUT2D eigenvalue weighted by molar-refractivity contribution is 6.06. The molecule has 2 unspecified atom stereocenters. The highest BCUT2D eigenvalue weighted by atomic mass is 19.1. The van der Waals surface area contributed by atoms with Crippen molar-refractivity contribution in [1.29, 1.82) is 0 Å². The summed E-state index contributed by atoms with van der Waals surface area (Å²) in [5.74, 6) is -1.28. The van der Waals surface area contributed by atoms with E-state index in [2.05, 4.69) is 4.98 Å². The Morgan fingerprint density at radius 1 is 1.10 bits per heavy atom. The van der Waals surface area contributed by atoms with E-state index in [-0.39, 0.29) is 24.6 Å². The van der Waals surface area contributed by atoms with Gasteiger partial charge in [-0.15, -0.1) is 0 Å². The first-order valence-corrected chi connectivity index (χ1v) is 9.64. The zero-order valence-electron chi connectivity index (χ0n) is 16.7. The Morgan fingerprint density at radius 3 is 2.67 bits per heavy atom. The van der Waals surface area contributed by atoms with Gasteiger partial charge in [-0.25, -0.2) is 9.18 Å². The molecule has 2 heterocycles. The fraction of sp³-hybridized carbons (Fsp3) is 0.261. The highest BCUT2D eigenvalue weighted by Gasteiger charge is 2.42. The van der Waals surface area contributed by atoms with Crippen LogP contribution in [0.5, 0.6) is 5.75 Å². The van der Waals surface area contributed by atoms with Crippen molar-refractivity contribution in [2.24, 2.45) is 0 Å². The summed E-state index contributed by atoms with van der Waals surface area (Å²) in [5, 5.41) is 0.833. The number of ether oxygens (including phenoxy) is 2. The maximum Gasteiger partial charge on any atom is 0.328 e. The molecule has 0 saturated carbocycles. The molecule has 1 aliphatic rings. The number of amides is 1. The molecule has 3 aromatic rings. The average molecular weight is 408 g/mol. The monoisotopic (exact) mass is 408 g/mol. The number of aromatic nitrogens is 1. The first-order valence-electron chi connectivity index (χ1n) is 9.64. The number of para-hydroxylation sites is 2. The number of halogens is 1. The van der Waals surface area contributed by atoms with Crippen LogP contribution in [0, 0.1) is 12.7 Å². The second-order valence-corrected chi connectivity index (χ2v) is 7.23. The van der Waals surface area contributed by atoms with Gasteiger partial charge < -0.3 is 14.4 Å². The molecular weight excluding hydrogens is 387 g/mol. The van der Waals surface area contributed by atoms with Crippen LogP contribution in [0.2, 0.25) is 0 Å². The van der Waals surface area contributed by atoms with Crippen LogP contribution in [0.25, 0.3) is 10.9 Å². The summed E-state index contributed by atoms with van der Waals surface area (Å²) in [7, 11) is 1.28. The summed E-state index contributed by atoms with van der Waals surface area (Å²) in [4.78, 5) is 31.7. The number of carbonyl (C=O) groups excluding carboxylic acids is 2. The predicted octanol–water partition coefficient (Wildman–Crippen LogP) is 3.52. The van der Waals surface area contributed by atoms with E-state index in [1.165, 1.54) is 24.1 Å². The Balaban J connectivity index is 1.66. The number of carbonyl (C=O) groups is 2. The minimum Gasteiger partial charge on any atom is -0.485 e. The highest BCUT2D eigenvalue weighted by Crippen LogP contribution is 2.28. The summed E-state index contributed by atoms with van der Waals surface area (Å²) in [5.41, 5.74) is 1.76. The maximum absolute atomic E-state index is 14.0. The number of esters is 1. The number of likely N-dealkylation sites (tertiary alicyclic amines) is 1. The van der Waals surface area contributed by atoms with Crippen LogP contribution in [0.3, 0.4) is 0 Å². The number of hydrogen-bond acceptors (Lipinski definition) is 5. The van der Waals surface area contributed by atoms with Gasteiger partial charge in [0.05, 0.1) is 24.7 Å². The minimum atomic E-state index is -0.820. The fourth-order valence-electron chi connectivity index (χ4n) is 3.76. The number of rotatable bonds is 4. The van der Waals surface area contributed by atoms with Crippen LogP contribution in [0.15, 0.2) is 54.6 Å². The zero-order chi connectivity index (χ0) is 21.3. The van der Waals surface area contributed by atoms with E-state index >= 15 is 0 Å². The lowest BCUT2D eigenvalue weighted by molar-refractivity contribution is -0.145. The SMILES string of the molecule is COC(=O)C1CC(Oc2ccccc2F)CN1C(=O)c1cccc2ccc(C)nc12. The van der Waals surface area contributed by atoms with Gasteiger partial charge in [0, 0.05) is 17.5 Å². The Morgan fingerprint density at radius 2 is 1.90 bits per heavy atom. The topological polar surface area (TPSA) is 68.7 Å². The van der Waals surface area contributed by atoms with E-state index in [0.29, 0.717) is 11.1 Å². The van der Waals surface area contributed by atoms with Gasteiger partial charge in [-0.2, -0.15) is 0 Å². The molecule has 1 amide bonds. The molecule has 2 aromatic carbocycles. The van der Waals surface area contributed by atoms with Gasteiger partial charge in [-0.3, -0.25) is 9.78 Å². The number of methoxy groups -OCH3 is 1. The van der Waals surface area contributed by atoms with Gasteiger partial charge in [-0.05, 0) is 31.2 Å². The number of hydrogen-bond donors (Lipinski definition) is 0. The molecule has 30 heavy (non-hydrogen) atoms. The van der Waals surface area contributed by atoms with Crippen LogP contribution in [0.1, 0.15) is 22.5 Å². The van der Waals surface area contributed by atoms with Crippen LogP contribution in [-0.4, -0.2) is 47.6 Å². The molecular formula is C23H21FN2O4. The molecule has 1 saturated heterocycles. The lowest BCUT2D eigenvalue weighted by Crippen LogP contribution is -2.41. The Bertz CT molecular complexity index is 1120. The Hall–Kier alpha value is -3.48. The molecule has 1 aliphatic heterocycles. The summed E-state index contributed by atoms with van der Waals surface area (Å²) < 4.78 is 24.7. The van der Waals surface area contributed by atoms with Crippen molar-refractivity contribution in [1.82, 2.24) is 9.88 Å². The van der Waals surface area contributed by atoms with Gasteiger partial charge in [-0.1, -0.05) is 30.3 Å². The summed E-state index contributed by atoms with van der Waals surface area (Å²) in [6.07, 6.45) is -0.330. The van der Waals surface area contributed by atoms with Crippen LogP contribution < -0.4 is 4.74 Å². The number of aryl methyl sites for hydroxylation is 1. The van der Waals surface area contributed by atoms with Crippen LogP contribution in [0.4, 0.5) is 4.39 Å². The van der Waals surface area contributed by atoms with E-state index in [0.717, 1.165) is 11.1 Å². The first kappa shape index (κ1) is 19.8.